The first-order chi connectivity index (χ1) is 11.1. The topological polar surface area (TPSA) is 53.7 Å². The van der Waals surface area contributed by atoms with Gasteiger partial charge in [-0.1, -0.05) is 6.42 Å². The molecule has 1 saturated heterocycles. The van der Waals surface area contributed by atoms with Crippen LogP contribution in [0.25, 0.3) is 11.0 Å². The number of likely N-dealkylation sites (tertiary alicyclic amines) is 1. The van der Waals surface area contributed by atoms with Crippen LogP contribution in [0.15, 0.2) is 21.3 Å². The fourth-order valence-corrected chi connectivity index (χ4v) is 4.14. The molecule has 2 aromatic rings. The Labute approximate surface area is 135 Å². The van der Waals surface area contributed by atoms with Crippen molar-refractivity contribution < 1.29 is 9.52 Å². The molecule has 1 atom stereocenters. The second kappa shape index (κ2) is 5.68. The number of fused-ring (bicyclic) bond motifs is 3. The maximum absolute atomic E-state index is 12.3. The number of aryl methyl sites for hydroxylation is 1. The van der Waals surface area contributed by atoms with Gasteiger partial charge in [-0.3, -0.25) is 4.90 Å². The van der Waals surface area contributed by atoms with Crippen LogP contribution in [0.5, 0.6) is 5.75 Å². The van der Waals surface area contributed by atoms with Crippen LogP contribution in [-0.4, -0.2) is 22.6 Å². The molecule has 4 nitrogen and oxygen atoms in total. The summed E-state index contributed by atoms with van der Waals surface area (Å²) in [7, 11) is 0. The molecule has 0 bridgehead atoms. The Kier molecular flexibility index (Phi) is 3.64. The van der Waals surface area contributed by atoms with E-state index in [1.165, 1.54) is 19.3 Å². The van der Waals surface area contributed by atoms with E-state index < -0.39 is 0 Å². The zero-order chi connectivity index (χ0) is 16.0. The van der Waals surface area contributed by atoms with Crippen LogP contribution in [0.3, 0.4) is 0 Å². The van der Waals surface area contributed by atoms with E-state index in [2.05, 4.69) is 11.8 Å². The first-order valence-corrected chi connectivity index (χ1v) is 8.68. The number of phenolic OH excluding ortho intramolecular Hbond substituents is 1. The Morgan fingerprint density at radius 1 is 1.22 bits per heavy atom. The van der Waals surface area contributed by atoms with Crippen molar-refractivity contribution in [1.82, 2.24) is 4.90 Å². The summed E-state index contributed by atoms with van der Waals surface area (Å²) in [6, 6.07) is 4.16. The van der Waals surface area contributed by atoms with Crippen LogP contribution in [-0.2, 0) is 19.4 Å². The van der Waals surface area contributed by atoms with Crippen molar-refractivity contribution >= 4 is 11.0 Å². The molecule has 0 radical (unpaired) electrons. The first kappa shape index (κ1) is 14.8. The van der Waals surface area contributed by atoms with Crippen molar-refractivity contribution in [3.8, 4) is 5.75 Å². The van der Waals surface area contributed by atoms with Gasteiger partial charge in [-0.2, -0.15) is 0 Å². The zero-order valence-corrected chi connectivity index (χ0v) is 13.6. The molecule has 122 valence electrons. The molecule has 1 N–H and O–H groups in total. The monoisotopic (exact) mass is 313 g/mol. The molecule has 1 aromatic carbocycles. The molecule has 1 aliphatic carbocycles. The molecule has 23 heavy (non-hydrogen) atoms. The molecule has 1 unspecified atom stereocenters. The summed E-state index contributed by atoms with van der Waals surface area (Å²) in [5.41, 5.74) is 3.10. The van der Waals surface area contributed by atoms with E-state index in [9.17, 15) is 9.90 Å². The summed E-state index contributed by atoms with van der Waals surface area (Å²) < 4.78 is 5.65. The standard InChI is InChI=1S/C19H23NO3/c1-12-5-2-3-10-20(12)11-16-17(21)9-8-14-13-6-4-7-15(13)19(22)23-18(14)16/h8-9,12,21H,2-7,10-11H2,1H3. The van der Waals surface area contributed by atoms with Gasteiger partial charge in [-0.05, 0) is 63.3 Å². The number of hydrogen-bond acceptors (Lipinski definition) is 4. The fraction of sp³-hybridized carbons (Fsp3) is 0.526. The van der Waals surface area contributed by atoms with E-state index in [0.29, 0.717) is 18.2 Å². The van der Waals surface area contributed by atoms with Gasteiger partial charge >= 0.3 is 5.63 Å². The van der Waals surface area contributed by atoms with Crippen molar-refractivity contribution in [2.45, 2.75) is 58.0 Å². The smallest absolute Gasteiger partial charge is 0.339 e. The molecule has 2 aliphatic rings. The third kappa shape index (κ3) is 2.45. The van der Waals surface area contributed by atoms with E-state index >= 15 is 0 Å². The van der Waals surface area contributed by atoms with E-state index in [-0.39, 0.29) is 11.4 Å². The molecule has 1 fully saturated rings. The van der Waals surface area contributed by atoms with E-state index in [1.54, 1.807) is 6.07 Å². The average molecular weight is 313 g/mol. The van der Waals surface area contributed by atoms with E-state index in [1.807, 2.05) is 6.07 Å². The Morgan fingerprint density at radius 3 is 2.87 bits per heavy atom. The maximum Gasteiger partial charge on any atom is 0.339 e. The predicted octanol–water partition coefficient (Wildman–Crippen LogP) is 3.36. The minimum absolute atomic E-state index is 0.219. The SMILES string of the molecule is CC1CCCCN1Cc1c(O)ccc2c3c(c(=O)oc12)CCC3. The minimum atomic E-state index is -0.219. The van der Waals surface area contributed by atoms with Gasteiger partial charge in [0.25, 0.3) is 0 Å². The number of piperidine rings is 1. The van der Waals surface area contributed by atoms with Gasteiger partial charge in [0.2, 0.25) is 0 Å². The molecule has 4 heteroatoms. The normalized spacial score (nSPS) is 21.7. The summed E-state index contributed by atoms with van der Waals surface area (Å²) in [5.74, 6) is 0.233. The van der Waals surface area contributed by atoms with Crippen molar-refractivity contribution in [3.63, 3.8) is 0 Å². The van der Waals surface area contributed by atoms with Crippen molar-refractivity contribution in [2.75, 3.05) is 6.54 Å². The predicted molar refractivity (Wildman–Crippen MR) is 89.9 cm³/mol. The van der Waals surface area contributed by atoms with Crippen LogP contribution in [0.2, 0.25) is 0 Å². The highest BCUT2D eigenvalue weighted by atomic mass is 16.4. The van der Waals surface area contributed by atoms with Crippen LogP contribution in [0.4, 0.5) is 0 Å². The molecule has 1 aliphatic heterocycles. The number of hydrogen-bond donors (Lipinski definition) is 1. The molecule has 4 rings (SSSR count). The summed E-state index contributed by atoms with van der Waals surface area (Å²) >= 11 is 0. The second-order valence-corrected chi connectivity index (χ2v) is 6.96. The van der Waals surface area contributed by atoms with Gasteiger partial charge < -0.3 is 9.52 Å². The molecule has 0 spiro atoms. The molecule has 2 heterocycles. The Morgan fingerprint density at radius 2 is 2.04 bits per heavy atom. The lowest BCUT2D eigenvalue weighted by Crippen LogP contribution is -2.36. The largest absolute Gasteiger partial charge is 0.507 e. The number of phenols is 1. The van der Waals surface area contributed by atoms with Gasteiger partial charge in [-0.25, -0.2) is 4.79 Å². The second-order valence-electron chi connectivity index (χ2n) is 6.96. The highest BCUT2D eigenvalue weighted by molar-refractivity contribution is 5.86. The summed E-state index contributed by atoms with van der Waals surface area (Å²) in [4.78, 5) is 14.7. The zero-order valence-electron chi connectivity index (χ0n) is 13.6. The van der Waals surface area contributed by atoms with Crippen molar-refractivity contribution in [1.29, 1.82) is 0 Å². The summed E-state index contributed by atoms with van der Waals surface area (Å²) in [5, 5.41) is 11.4. The summed E-state index contributed by atoms with van der Waals surface area (Å²) in [6.45, 7) is 3.91. The molecule has 1 aromatic heterocycles. The quantitative estimate of drug-likeness (QED) is 0.864. The van der Waals surface area contributed by atoms with Crippen molar-refractivity contribution in [3.05, 3.63) is 39.2 Å². The molecule has 0 saturated carbocycles. The minimum Gasteiger partial charge on any atom is -0.507 e. The van der Waals surface area contributed by atoms with E-state index in [4.69, 9.17) is 4.42 Å². The van der Waals surface area contributed by atoms with Gasteiger partial charge in [0.15, 0.2) is 0 Å². The lowest BCUT2D eigenvalue weighted by molar-refractivity contribution is 0.151. The van der Waals surface area contributed by atoms with Crippen LogP contribution >= 0.6 is 0 Å². The molecule has 0 amide bonds. The fourth-order valence-electron chi connectivity index (χ4n) is 4.14. The van der Waals surface area contributed by atoms with Gasteiger partial charge in [0.1, 0.15) is 11.3 Å². The van der Waals surface area contributed by atoms with Crippen molar-refractivity contribution in [2.24, 2.45) is 0 Å². The molecular formula is C19H23NO3. The van der Waals surface area contributed by atoms with Crippen LogP contribution in [0, 0.1) is 0 Å². The van der Waals surface area contributed by atoms with Gasteiger partial charge in [0, 0.05) is 23.5 Å². The number of nitrogens with zero attached hydrogens (tertiary/aromatic N) is 1. The summed E-state index contributed by atoms with van der Waals surface area (Å²) in [6.07, 6.45) is 6.40. The maximum atomic E-state index is 12.3. The Bertz CT molecular complexity index is 808. The van der Waals surface area contributed by atoms with Crippen LogP contribution in [0.1, 0.15) is 49.3 Å². The van der Waals surface area contributed by atoms with Gasteiger partial charge in [0.05, 0.1) is 5.56 Å². The number of rotatable bonds is 2. The highest BCUT2D eigenvalue weighted by Crippen LogP contribution is 2.34. The lowest BCUT2D eigenvalue weighted by atomic mass is 10.00. The third-order valence-electron chi connectivity index (χ3n) is 5.52. The van der Waals surface area contributed by atoms with Gasteiger partial charge in [-0.15, -0.1) is 0 Å². The number of benzene rings is 1. The average Bonchev–Trinajstić information content (AvgIpc) is 3.03. The molecular weight excluding hydrogens is 290 g/mol. The Hall–Kier alpha value is -1.81. The van der Waals surface area contributed by atoms with Crippen LogP contribution < -0.4 is 5.63 Å². The third-order valence-corrected chi connectivity index (χ3v) is 5.52. The number of aromatic hydroxyl groups is 1. The lowest BCUT2D eigenvalue weighted by Gasteiger charge is -2.33. The highest BCUT2D eigenvalue weighted by Gasteiger charge is 2.25. The first-order valence-electron chi connectivity index (χ1n) is 8.68. The van der Waals surface area contributed by atoms with E-state index in [0.717, 1.165) is 47.9 Å². The Balaban J connectivity index is 1.84.